The van der Waals surface area contributed by atoms with Gasteiger partial charge in [0, 0.05) is 11.1 Å². The molecule has 0 spiro atoms. The Labute approximate surface area is 96.5 Å². The number of pyridine rings is 1. The number of aryl methyl sites for hydroxylation is 2. The highest BCUT2D eigenvalue weighted by Gasteiger charge is 2.19. The summed E-state index contributed by atoms with van der Waals surface area (Å²) in [7, 11) is 0. The molecule has 3 rings (SSSR count). The van der Waals surface area contributed by atoms with Crippen molar-refractivity contribution < 1.29 is 0 Å². The molecule has 0 fully saturated rings. The molecule has 0 aliphatic heterocycles. The molecule has 0 bridgehead atoms. The maximum atomic E-state index is 4.81. The van der Waals surface area contributed by atoms with Gasteiger partial charge in [0.05, 0.1) is 5.52 Å². The van der Waals surface area contributed by atoms with E-state index in [4.69, 9.17) is 4.98 Å². The SMILES string of the molecule is Cc1c2c(nc3ccccc13)CC[C@@H](C)C2. The molecule has 0 N–H and O–H groups in total. The van der Waals surface area contributed by atoms with E-state index >= 15 is 0 Å². The van der Waals surface area contributed by atoms with Crippen LogP contribution in [0.15, 0.2) is 24.3 Å². The number of rotatable bonds is 0. The molecule has 0 radical (unpaired) electrons. The van der Waals surface area contributed by atoms with E-state index in [1.807, 2.05) is 0 Å². The maximum absolute atomic E-state index is 4.81. The fourth-order valence-corrected chi connectivity index (χ4v) is 2.79. The minimum atomic E-state index is 0.814. The normalized spacial score (nSPS) is 19.8. The topological polar surface area (TPSA) is 12.9 Å². The van der Waals surface area contributed by atoms with Gasteiger partial charge >= 0.3 is 0 Å². The van der Waals surface area contributed by atoms with Crippen molar-refractivity contribution in [1.29, 1.82) is 0 Å². The van der Waals surface area contributed by atoms with Crippen molar-refractivity contribution in [2.24, 2.45) is 5.92 Å². The first kappa shape index (κ1) is 9.83. The Bertz CT molecular complexity index is 542. The molecule has 1 heterocycles. The molecule has 1 aromatic carbocycles. The quantitative estimate of drug-likeness (QED) is 0.648. The Kier molecular flexibility index (Phi) is 2.20. The smallest absolute Gasteiger partial charge is 0.0708 e. The van der Waals surface area contributed by atoms with E-state index in [9.17, 15) is 0 Å². The van der Waals surface area contributed by atoms with E-state index in [0.717, 1.165) is 17.9 Å². The molecule has 1 aromatic heterocycles. The van der Waals surface area contributed by atoms with Gasteiger partial charge in [-0.15, -0.1) is 0 Å². The average Bonchev–Trinajstić information content (AvgIpc) is 2.31. The Morgan fingerprint density at radius 3 is 2.94 bits per heavy atom. The molecule has 1 atom stereocenters. The zero-order valence-electron chi connectivity index (χ0n) is 9.96. The predicted molar refractivity (Wildman–Crippen MR) is 67.7 cm³/mol. The fourth-order valence-electron chi connectivity index (χ4n) is 2.79. The number of hydrogen-bond acceptors (Lipinski definition) is 1. The van der Waals surface area contributed by atoms with Crippen LogP contribution in [0.2, 0.25) is 0 Å². The molecule has 82 valence electrons. The molecular weight excluding hydrogens is 194 g/mol. The van der Waals surface area contributed by atoms with E-state index in [1.54, 1.807) is 0 Å². The Balaban J connectivity index is 2.29. The molecule has 0 amide bonds. The van der Waals surface area contributed by atoms with Crippen molar-refractivity contribution in [2.45, 2.75) is 33.1 Å². The van der Waals surface area contributed by atoms with Gasteiger partial charge in [-0.05, 0) is 49.3 Å². The summed E-state index contributed by atoms with van der Waals surface area (Å²) in [4.78, 5) is 4.81. The minimum absolute atomic E-state index is 0.814. The zero-order valence-corrected chi connectivity index (χ0v) is 9.96. The summed E-state index contributed by atoms with van der Waals surface area (Å²) < 4.78 is 0. The summed E-state index contributed by atoms with van der Waals surface area (Å²) >= 11 is 0. The van der Waals surface area contributed by atoms with Crippen molar-refractivity contribution in [1.82, 2.24) is 4.98 Å². The van der Waals surface area contributed by atoms with E-state index in [1.165, 1.54) is 35.0 Å². The summed E-state index contributed by atoms with van der Waals surface area (Å²) in [5.74, 6) is 0.814. The van der Waals surface area contributed by atoms with Gasteiger partial charge < -0.3 is 0 Å². The second-order valence-electron chi connectivity index (χ2n) is 5.03. The van der Waals surface area contributed by atoms with Gasteiger partial charge in [0.2, 0.25) is 0 Å². The van der Waals surface area contributed by atoms with Crippen LogP contribution in [0.3, 0.4) is 0 Å². The van der Waals surface area contributed by atoms with E-state index < -0.39 is 0 Å². The number of benzene rings is 1. The van der Waals surface area contributed by atoms with E-state index in [2.05, 4.69) is 38.1 Å². The van der Waals surface area contributed by atoms with Crippen LogP contribution in [0, 0.1) is 12.8 Å². The van der Waals surface area contributed by atoms with Gasteiger partial charge in [-0.1, -0.05) is 25.1 Å². The minimum Gasteiger partial charge on any atom is -0.253 e. The molecular formula is C15H17N. The van der Waals surface area contributed by atoms with Crippen LogP contribution in [0.1, 0.15) is 30.2 Å². The predicted octanol–water partition coefficient (Wildman–Crippen LogP) is 3.67. The Hall–Kier alpha value is -1.37. The number of hydrogen-bond donors (Lipinski definition) is 0. The molecule has 0 saturated heterocycles. The van der Waals surface area contributed by atoms with Crippen LogP contribution in [0.5, 0.6) is 0 Å². The third-order valence-corrected chi connectivity index (χ3v) is 3.79. The van der Waals surface area contributed by atoms with Gasteiger partial charge in [0.25, 0.3) is 0 Å². The monoisotopic (exact) mass is 211 g/mol. The van der Waals surface area contributed by atoms with Gasteiger partial charge in [-0.25, -0.2) is 0 Å². The molecule has 2 aromatic rings. The van der Waals surface area contributed by atoms with Gasteiger partial charge in [-0.2, -0.15) is 0 Å². The number of nitrogens with zero attached hydrogens (tertiary/aromatic N) is 1. The van der Waals surface area contributed by atoms with Crippen molar-refractivity contribution in [3.8, 4) is 0 Å². The summed E-state index contributed by atoms with van der Waals surface area (Å²) in [6.07, 6.45) is 3.65. The Morgan fingerprint density at radius 2 is 2.06 bits per heavy atom. The van der Waals surface area contributed by atoms with Crippen LogP contribution in [0.4, 0.5) is 0 Å². The van der Waals surface area contributed by atoms with Crippen molar-refractivity contribution in [3.63, 3.8) is 0 Å². The van der Waals surface area contributed by atoms with Crippen LogP contribution in [0.25, 0.3) is 10.9 Å². The summed E-state index contributed by atoms with van der Waals surface area (Å²) in [5.41, 5.74) is 5.47. The number of fused-ring (bicyclic) bond motifs is 2. The first-order chi connectivity index (χ1) is 7.75. The average molecular weight is 211 g/mol. The lowest BCUT2D eigenvalue weighted by Crippen LogP contribution is -2.14. The second kappa shape index (κ2) is 3.58. The van der Waals surface area contributed by atoms with Crippen molar-refractivity contribution >= 4 is 10.9 Å². The zero-order chi connectivity index (χ0) is 11.1. The highest BCUT2D eigenvalue weighted by atomic mass is 14.7. The molecule has 1 aliphatic rings. The molecule has 1 aliphatic carbocycles. The van der Waals surface area contributed by atoms with Crippen molar-refractivity contribution in [3.05, 3.63) is 41.1 Å². The maximum Gasteiger partial charge on any atom is 0.0708 e. The highest BCUT2D eigenvalue weighted by molar-refractivity contribution is 5.83. The fraction of sp³-hybridized carbons (Fsp3) is 0.400. The first-order valence-electron chi connectivity index (χ1n) is 6.13. The highest BCUT2D eigenvalue weighted by Crippen LogP contribution is 2.30. The van der Waals surface area contributed by atoms with Crippen molar-refractivity contribution in [2.75, 3.05) is 0 Å². The second-order valence-corrected chi connectivity index (χ2v) is 5.03. The molecule has 16 heavy (non-hydrogen) atoms. The summed E-state index contributed by atoms with van der Waals surface area (Å²) in [6.45, 7) is 4.60. The lowest BCUT2D eigenvalue weighted by atomic mass is 9.84. The van der Waals surface area contributed by atoms with Crippen LogP contribution in [-0.4, -0.2) is 4.98 Å². The van der Waals surface area contributed by atoms with E-state index in [-0.39, 0.29) is 0 Å². The van der Waals surface area contributed by atoms with Gasteiger partial charge in [0.15, 0.2) is 0 Å². The lowest BCUT2D eigenvalue weighted by molar-refractivity contribution is 0.493. The first-order valence-corrected chi connectivity index (χ1v) is 6.13. The van der Waals surface area contributed by atoms with Crippen LogP contribution >= 0.6 is 0 Å². The standard InChI is InChI=1S/C15H17N/c1-10-7-8-15-13(9-10)11(2)12-5-3-4-6-14(12)16-15/h3-6,10H,7-9H2,1-2H3/t10-/m1/s1. The summed E-state index contributed by atoms with van der Waals surface area (Å²) in [5, 5.41) is 1.33. The Morgan fingerprint density at radius 1 is 1.25 bits per heavy atom. The number of aromatic nitrogens is 1. The third-order valence-electron chi connectivity index (χ3n) is 3.79. The third kappa shape index (κ3) is 1.42. The lowest BCUT2D eigenvalue weighted by Gasteiger charge is -2.23. The number of para-hydroxylation sites is 1. The molecule has 0 unspecified atom stereocenters. The molecule has 0 saturated carbocycles. The molecule has 1 heteroatoms. The summed E-state index contributed by atoms with van der Waals surface area (Å²) in [6, 6.07) is 8.50. The van der Waals surface area contributed by atoms with Gasteiger partial charge in [0.1, 0.15) is 0 Å². The van der Waals surface area contributed by atoms with E-state index in [0.29, 0.717) is 0 Å². The van der Waals surface area contributed by atoms with Crippen LogP contribution < -0.4 is 0 Å². The molecule has 1 nitrogen and oxygen atoms in total. The van der Waals surface area contributed by atoms with Crippen LogP contribution in [-0.2, 0) is 12.8 Å². The largest absolute Gasteiger partial charge is 0.253 e. The van der Waals surface area contributed by atoms with Gasteiger partial charge in [-0.3, -0.25) is 4.98 Å².